The number of hydrogen-bond acceptors (Lipinski definition) is 4. The van der Waals surface area contributed by atoms with Gasteiger partial charge in [-0.2, -0.15) is 13.2 Å². The second kappa shape index (κ2) is 5.98. The maximum absolute atomic E-state index is 12.6. The van der Waals surface area contributed by atoms with Gasteiger partial charge in [-0.15, -0.1) is 11.3 Å². The Labute approximate surface area is 130 Å². The van der Waals surface area contributed by atoms with Crippen molar-refractivity contribution in [1.29, 1.82) is 0 Å². The third kappa shape index (κ3) is 3.16. The molecule has 0 fully saturated rings. The number of nitrogens with zero attached hydrogens (tertiary/aromatic N) is 2. The first-order chi connectivity index (χ1) is 10.5. The van der Waals surface area contributed by atoms with Crippen LogP contribution in [-0.4, -0.2) is 28.1 Å². The molecule has 2 aromatic rings. The van der Waals surface area contributed by atoms with Crippen LogP contribution in [0.15, 0.2) is 29.6 Å². The number of alkyl halides is 3. The number of aliphatic hydroxyl groups is 1. The summed E-state index contributed by atoms with van der Waals surface area (Å²) in [6, 6.07) is 7.86. The molecule has 1 aromatic heterocycles. The highest BCUT2D eigenvalue weighted by Crippen LogP contribution is 2.33. The Morgan fingerprint density at radius 3 is 2.77 bits per heavy atom. The van der Waals surface area contributed by atoms with Gasteiger partial charge in [0.15, 0.2) is 5.01 Å². The van der Waals surface area contributed by atoms with Crippen molar-refractivity contribution >= 4 is 11.3 Å². The topological polar surface area (TPSA) is 36.4 Å². The number of benzene rings is 1. The highest BCUT2D eigenvalue weighted by Gasteiger charge is 2.35. The van der Waals surface area contributed by atoms with Crippen LogP contribution >= 0.6 is 11.3 Å². The molecule has 1 atom stereocenters. The van der Waals surface area contributed by atoms with Crippen LogP contribution in [0, 0.1) is 0 Å². The van der Waals surface area contributed by atoms with Crippen LogP contribution in [0.1, 0.15) is 27.7 Å². The number of halogens is 3. The molecule has 0 bridgehead atoms. The summed E-state index contributed by atoms with van der Waals surface area (Å²) in [5.41, 5.74) is 2.66. The molecule has 0 radical (unpaired) electrons. The van der Waals surface area contributed by atoms with Gasteiger partial charge in [0, 0.05) is 30.9 Å². The molecule has 7 heteroatoms. The SMILES string of the molecule is OCC1CN(Cc2csc(C(F)(F)F)n2)Cc2ccccc21. The summed E-state index contributed by atoms with van der Waals surface area (Å²) in [5, 5.41) is 10.2. The summed E-state index contributed by atoms with van der Waals surface area (Å²) in [4.78, 5) is 5.70. The van der Waals surface area contributed by atoms with E-state index in [-0.39, 0.29) is 12.5 Å². The Bertz CT molecular complexity index is 656. The van der Waals surface area contributed by atoms with Gasteiger partial charge in [0.05, 0.1) is 12.3 Å². The van der Waals surface area contributed by atoms with Crippen molar-refractivity contribution in [1.82, 2.24) is 9.88 Å². The molecule has 1 N–H and O–H groups in total. The summed E-state index contributed by atoms with van der Waals surface area (Å²) in [6.07, 6.45) is -4.38. The van der Waals surface area contributed by atoms with E-state index in [1.165, 1.54) is 5.38 Å². The minimum absolute atomic E-state index is 0.00864. The first-order valence-electron chi connectivity index (χ1n) is 6.90. The molecule has 2 heterocycles. The predicted octanol–water partition coefficient (Wildman–Crippen LogP) is 3.25. The van der Waals surface area contributed by atoms with E-state index in [9.17, 15) is 18.3 Å². The third-order valence-electron chi connectivity index (χ3n) is 3.77. The standard InChI is InChI=1S/C15H15F3N2OS/c16-15(17,18)14-19-12(9-22-14)7-20-5-10-3-1-2-4-13(10)11(6-20)8-21/h1-4,9,11,21H,5-8H2. The Balaban J connectivity index is 1.76. The van der Waals surface area contributed by atoms with E-state index in [0.29, 0.717) is 36.7 Å². The molecule has 3 nitrogen and oxygen atoms in total. The van der Waals surface area contributed by atoms with Crippen molar-refractivity contribution in [2.24, 2.45) is 0 Å². The molecule has 0 aliphatic carbocycles. The molecule has 118 valence electrons. The second-order valence-electron chi connectivity index (χ2n) is 5.39. The zero-order valence-electron chi connectivity index (χ0n) is 11.7. The highest BCUT2D eigenvalue weighted by molar-refractivity contribution is 7.09. The lowest BCUT2D eigenvalue weighted by Crippen LogP contribution is -2.34. The number of fused-ring (bicyclic) bond motifs is 1. The van der Waals surface area contributed by atoms with Crippen LogP contribution in [0.4, 0.5) is 13.2 Å². The molecule has 0 amide bonds. The normalized spacial score (nSPS) is 19.2. The first kappa shape index (κ1) is 15.5. The van der Waals surface area contributed by atoms with Crippen molar-refractivity contribution in [2.45, 2.75) is 25.2 Å². The van der Waals surface area contributed by atoms with Gasteiger partial charge in [-0.25, -0.2) is 4.98 Å². The predicted molar refractivity (Wildman–Crippen MR) is 77.5 cm³/mol. The number of rotatable bonds is 3. The fraction of sp³-hybridized carbons (Fsp3) is 0.400. The van der Waals surface area contributed by atoms with Crippen LogP contribution in [0.2, 0.25) is 0 Å². The average Bonchev–Trinajstić information content (AvgIpc) is 2.95. The van der Waals surface area contributed by atoms with E-state index in [0.717, 1.165) is 11.1 Å². The third-order valence-corrected chi connectivity index (χ3v) is 4.70. The summed E-state index contributed by atoms with van der Waals surface area (Å²) in [5.74, 6) is -0.00864. The van der Waals surface area contributed by atoms with Crippen LogP contribution in [0.25, 0.3) is 0 Å². The molecule has 22 heavy (non-hydrogen) atoms. The van der Waals surface area contributed by atoms with Crippen LogP contribution < -0.4 is 0 Å². The van der Waals surface area contributed by atoms with Gasteiger partial charge in [-0.1, -0.05) is 24.3 Å². The molecule has 1 aliphatic heterocycles. The van der Waals surface area contributed by atoms with Gasteiger partial charge >= 0.3 is 6.18 Å². The van der Waals surface area contributed by atoms with E-state index in [1.54, 1.807) is 0 Å². The fourth-order valence-corrected chi connectivity index (χ4v) is 3.49. The highest BCUT2D eigenvalue weighted by atomic mass is 32.1. The molecular formula is C15H15F3N2OS. The first-order valence-corrected chi connectivity index (χ1v) is 7.78. The van der Waals surface area contributed by atoms with Crippen molar-refractivity contribution < 1.29 is 18.3 Å². The van der Waals surface area contributed by atoms with Crippen molar-refractivity contribution in [2.75, 3.05) is 13.2 Å². The smallest absolute Gasteiger partial charge is 0.396 e. The second-order valence-corrected chi connectivity index (χ2v) is 6.25. The number of aromatic nitrogens is 1. The van der Waals surface area contributed by atoms with Gasteiger partial charge in [0.25, 0.3) is 0 Å². The summed E-state index contributed by atoms with van der Waals surface area (Å²) in [7, 11) is 0. The van der Waals surface area contributed by atoms with Gasteiger partial charge < -0.3 is 5.11 Å². The molecule has 1 unspecified atom stereocenters. The van der Waals surface area contributed by atoms with Crippen molar-refractivity contribution in [3.63, 3.8) is 0 Å². The largest absolute Gasteiger partial charge is 0.443 e. The lowest BCUT2D eigenvalue weighted by molar-refractivity contribution is -0.137. The molecule has 1 aromatic carbocycles. The molecule has 3 rings (SSSR count). The van der Waals surface area contributed by atoms with Crippen LogP contribution in [0.5, 0.6) is 0 Å². The maximum Gasteiger partial charge on any atom is 0.443 e. The average molecular weight is 328 g/mol. The van der Waals surface area contributed by atoms with Crippen molar-refractivity contribution in [3.8, 4) is 0 Å². The van der Waals surface area contributed by atoms with E-state index in [4.69, 9.17) is 0 Å². The zero-order valence-corrected chi connectivity index (χ0v) is 12.5. The summed E-state index contributed by atoms with van der Waals surface area (Å²) >= 11 is 0.625. The summed E-state index contributed by atoms with van der Waals surface area (Å²) in [6.45, 7) is 1.66. The van der Waals surface area contributed by atoms with E-state index in [1.807, 2.05) is 29.2 Å². The lowest BCUT2D eigenvalue weighted by Gasteiger charge is -2.33. The Kier molecular flexibility index (Phi) is 4.20. The van der Waals surface area contributed by atoms with Crippen molar-refractivity contribution in [3.05, 3.63) is 51.5 Å². The van der Waals surface area contributed by atoms with Crippen LogP contribution in [0.3, 0.4) is 0 Å². The molecule has 0 saturated heterocycles. The molecule has 1 aliphatic rings. The van der Waals surface area contributed by atoms with Gasteiger partial charge in [-0.3, -0.25) is 4.90 Å². The monoisotopic (exact) mass is 328 g/mol. The lowest BCUT2D eigenvalue weighted by atomic mass is 9.90. The van der Waals surface area contributed by atoms with E-state index < -0.39 is 11.2 Å². The Hall–Kier alpha value is -1.44. The van der Waals surface area contributed by atoms with Gasteiger partial charge in [-0.05, 0) is 11.1 Å². The number of aliphatic hydroxyl groups excluding tert-OH is 1. The minimum Gasteiger partial charge on any atom is -0.396 e. The fourth-order valence-electron chi connectivity index (χ4n) is 2.81. The van der Waals surface area contributed by atoms with Gasteiger partial charge in [0.2, 0.25) is 0 Å². The Morgan fingerprint density at radius 1 is 1.32 bits per heavy atom. The Morgan fingerprint density at radius 2 is 2.09 bits per heavy atom. The van der Waals surface area contributed by atoms with E-state index in [2.05, 4.69) is 4.98 Å². The minimum atomic E-state index is -4.38. The number of hydrogen-bond donors (Lipinski definition) is 1. The maximum atomic E-state index is 12.6. The zero-order chi connectivity index (χ0) is 15.7. The van der Waals surface area contributed by atoms with E-state index >= 15 is 0 Å². The van der Waals surface area contributed by atoms with Gasteiger partial charge in [0.1, 0.15) is 0 Å². The molecule has 0 spiro atoms. The quantitative estimate of drug-likeness (QED) is 0.939. The molecular weight excluding hydrogens is 313 g/mol. The summed E-state index contributed by atoms with van der Waals surface area (Å²) < 4.78 is 37.8. The van der Waals surface area contributed by atoms with Crippen LogP contribution in [-0.2, 0) is 19.3 Å². The number of thiazole rings is 1. The molecule has 0 saturated carbocycles.